The maximum absolute atomic E-state index is 13.7. The van der Waals surface area contributed by atoms with Crippen molar-refractivity contribution in [3.63, 3.8) is 0 Å². The number of nitrogens with one attached hydrogen (secondary N) is 1. The minimum Gasteiger partial charge on any atom is -0.352 e. The molecule has 2 amide bonds. The molecule has 0 aromatic heterocycles. The Hall–Kier alpha value is -2.76. The van der Waals surface area contributed by atoms with E-state index in [1.54, 1.807) is 37.4 Å². The van der Waals surface area contributed by atoms with Crippen molar-refractivity contribution < 1.29 is 18.4 Å². The summed E-state index contributed by atoms with van der Waals surface area (Å²) in [6, 6.07) is 11.5. The van der Waals surface area contributed by atoms with Crippen LogP contribution in [0, 0.1) is 17.6 Å². The van der Waals surface area contributed by atoms with E-state index in [1.165, 1.54) is 23.1 Å². The largest absolute Gasteiger partial charge is 0.352 e. The van der Waals surface area contributed by atoms with Crippen LogP contribution in [0.15, 0.2) is 48.5 Å². The van der Waals surface area contributed by atoms with Crippen molar-refractivity contribution in [3.8, 4) is 0 Å². The van der Waals surface area contributed by atoms with Gasteiger partial charge in [0.15, 0.2) is 0 Å². The fourth-order valence-electron chi connectivity index (χ4n) is 3.18. The Kier molecular flexibility index (Phi) is 4.79. The molecule has 1 saturated heterocycles. The Labute approximate surface area is 144 Å². The van der Waals surface area contributed by atoms with Crippen LogP contribution in [-0.4, -0.2) is 23.8 Å². The summed E-state index contributed by atoms with van der Waals surface area (Å²) in [7, 11) is 1.63. The molecule has 25 heavy (non-hydrogen) atoms. The number of halogens is 2. The van der Waals surface area contributed by atoms with Crippen molar-refractivity contribution in [1.82, 2.24) is 10.2 Å². The second kappa shape index (κ2) is 7.01. The summed E-state index contributed by atoms with van der Waals surface area (Å²) in [5.74, 6) is -1.85. The topological polar surface area (TPSA) is 49.4 Å². The molecule has 6 heteroatoms. The highest BCUT2D eigenvalue weighted by molar-refractivity contribution is 5.90. The van der Waals surface area contributed by atoms with E-state index in [-0.39, 0.29) is 30.6 Å². The molecular formula is C19H18F2N2O2. The van der Waals surface area contributed by atoms with E-state index in [1.807, 2.05) is 0 Å². The molecule has 0 unspecified atom stereocenters. The normalized spacial score (nSPS) is 20.0. The van der Waals surface area contributed by atoms with Crippen LogP contribution in [-0.2, 0) is 16.1 Å². The first-order valence-electron chi connectivity index (χ1n) is 7.99. The lowest BCUT2D eigenvalue weighted by atomic mass is 9.93. The van der Waals surface area contributed by atoms with E-state index < -0.39 is 17.8 Å². The van der Waals surface area contributed by atoms with Crippen molar-refractivity contribution in [2.24, 2.45) is 5.92 Å². The molecule has 1 N–H and O–H groups in total. The van der Waals surface area contributed by atoms with Crippen LogP contribution in [0.25, 0.3) is 0 Å². The summed E-state index contributed by atoms with van der Waals surface area (Å²) in [6.45, 7) is 0.0516. The first-order valence-corrected chi connectivity index (χ1v) is 7.99. The highest BCUT2D eigenvalue weighted by atomic mass is 19.1. The Morgan fingerprint density at radius 1 is 1.16 bits per heavy atom. The van der Waals surface area contributed by atoms with Crippen molar-refractivity contribution in [1.29, 1.82) is 0 Å². The van der Waals surface area contributed by atoms with E-state index in [9.17, 15) is 18.4 Å². The number of nitrogens with zero attached hydrogens (tertiary/aromatic N) is 1. The van der Waals surface area contributed by atoms with Gasteiger partial charge in [-0.2, -0.15) is 0 Å². The number of hydrogen-bond acceptors (Lipinski definition) is 2. The number of hydrogen-bond donors (Lipinski definition) is 1. The summed E-state index contributed by atoms with van der Waals surface area (Å²) in [5.41, 5.74) is 1.08. The van der Waals surface area contributed by atoms with Gasteiger partial charge in [-0.3, -0.25) is 9.59 Å². The molecule has 0 spiro atoms. The predicted molar refractivity (Wildman–Crippen MR) is 88.3 cm³/mol. The average molecular weight is 344 g/mol. The van der Waals surface area contributed by atoms with Crippen LogP contribution in [0.1, 0.15) is 23.6 Å². The summed E-state index contributed by atoms with van der Waals surface area (Å²) in [4.78, 5) is 26.2. The predicted octanol–water partition coefficient (Wildman–Crippen LogP) is 2.80. The first kappa shape index (κ1) is 17.1. The van der Waals surface area contributed by atoms with Crippen LogP contribution in [0.4, 0.5) is 8.78 Å². The number of carbonyl (C=O) groups excluding carboxylic acids is 2. The molecular weight excluding hydrogens is 326 g/mol. The fourth-order valence-corrected chi connectivity index (χ4v) is 3.18. The fraction of sp³-hybridized carbons (Fsp3) is 0.263. The molecule has 1 heterocycles. The molecule has 1 fully saturated rings. The molecule has 0 bridgehead atoms. The van der Waals surface area contributed by atoms with Crippen LogP contribution in [0.2, 0.25) is 0 Å². The average Bonchev–Trinajstić information content (AvgIpc) is 2.90. The van der Waals surface area contributed by atoms with Gasteiger partial charge in [0.2, 0.25) is 11.8 Å². The van der Waals surface area contributed by atoms with E-state index in [2.05, 4.69) is 5.32 Å². The highest BCUT2D eigenvalue weighted by Gasteiger charge is 2.42. The molecule has 0 aliphatic carbocycles. The number of carbonyl (C=O) groups is 2. The zero-order chi connectivity index (χ0) is 18.0. The quantitative estimate of drug-likeness (QED) is 0.927. The van der Waals surface area contributed by atoms with Gasteiger partial charge >= 0.3 is 0 Å². The summed E-state index contributed by atoms with van der Waals surface area (Å²) in [5, 5.41) is 2.70. The molecule has 2 atom stereocenters. The van der Waals surface area contributed by atoms with Gasteiger partial charge in [0, 0.05) is 25.6 Å². The lowest BCUT2D eigenvalue weighted by Gasteiger charge is -2.25. The van der Waals surface area contributed by atoms with Crippen molar-refractivity contribution in [3.05, 3.63) is 71.3 Å². The van der Waals surface area contributed by atoms with Gasteiger partial charge in [-0.25, -0.2) is 8.78 Å². The van der Waals surface area contributed by atoms with Crippen LogP contribution >= 0.6 is 0 Å². The van der Waals surface area contributed by atoms with Gasteiger partial charge in [-0.1, -0.05) is 30.3 Å². The van der Waals surface area contributed by atoms with Crippen molar-refractivity contribution in [2.45, 2.75) is 19.0 Å². The standard InChI is InChI=1S/C19H18F2N2O2/c1-23-17(24)10-15(18(23)12-6-8-14(20)9-7-12)19(25)22-11-13-4-2-3-5-16(13)21/h2-9,15,18H,10-11H2,1H3,(H,22,25)/t15-,18-/m1/s1. The molecule has 0 saturated carbocycles. The SMILES string of the molecule is CN1C(=O)C[C@@H](C(=O)NCc2ccccc2F)[C@H]1c1ccc(F)cc1. The Bertz CT molecular complexity index is 792. The molecule has 130 valence electrons. The summed E-state index contributed by atoms with van der Waals surface area (Å²) in [6.07, 6.45) is 0.0711. The first-order chi connectivity index (χ1) is 12.0. The molecule has 1 aliphatic rings. The van der Waals surface area contributed by atoms with Gasteiger partial charge in [-0.15, -0.1) is 0 Å². The molecule has 2 aromatic rings. The van der Waals surface area contributed by atoms with Crippen LogP contribution < -0.4 is 5.32 Å². The smallest absolute Gasteiger partial charge is 0.226 e. The van der Waals surface area contributed by atoms with Gasteiger partial charge in [0.25, 0.3) is 0 Å². The van der Waals surface area contributed by atoms with E-state index in [4.69, 9.17) is 0 Å². The number of rotatable bonds is 4. The zero-order valence-corrected chi connectivity index (χ0v) is 13.7. The van der Waals surface area contributed by atoms with Gasteiger partial charge < -0.3 is 10.2 Å². The monoisotopic (exact) mass is 344 g/mol. The number of likely N-dealkylation sites (tertiary alicyclic amines) is 1. The molecule has 1 aliphatic heterocycles. The lowest BCUT2D eigenvalue weighted by Crippen LogP contribution is -2.34. The van der Waals surface area contributed by atoms with Crippen molar-refractivity contribution in [2.75, 3.05) is 7.05 Å². The van der Waals surface area contributed by atoms with Gasteiger partial charge in [0.1, 0.15) is 11.6 Å². The molecule has 3 rings (SSSR count). The molecule has 0 radical (unpaired) electrons. The third-order valence-electron chi connectivity index (χ3n) is 4.55. The minimum absolute atomic E-state index is 0.0516. The number of amides is 2. The van der Waals surface area contributed by atoms with Crippen LogP contribution in [0.3, 0.4) is 0 Å². The van der Waals surface area contributed by atoms with Crippen molar-refractivity contribution >= 4 is 11.8 Å². The third-order valence-corrected chi connectivity index (χ3v) is 4.55. The van der Waals surface area contributed by atoms with Gasteiger partial charge in [-0.05, 0) is 23.8 Å². The highest BCUT2D eigenvalue weighted by Crippen LogP contribution is 2.37. The third kappa shape index (κ3) is 3.52. The summed E-state index contributed by atoms with van der Waals surface area (Å²) < 4.78 is 26.8. The number of benzene rings is 2. The van der Waals surface area contributed by atoms with E-state index in [0.717, 1.165) is 0 Å². The van der Waals surface area contributed by atoms with Gasteiger partial charge in [0.05, 0.1) is 12.0 Å². The Morgan fingerprint density at radius 2 is 1.84 bits per heavy atom. The molecule has 4 nitrogen and oxygen atoms in total. The summed E-state index contributed by atoms with van der Waals surface area (Å²) >= 11 is 0. The van der Waals surface area contributed by atoms with E-state index >= 15 is 0 Å². The Morgan fingerprint density at radius 3 is 2.52 bits per heavy atom. The van der Waals surface area contributed by atoms with Crippen LogP contribution in [0.5, 0.6) is 0 Å². The lowest BCUT2D eigenvalue weighted by molar-refractivity contribution is -0.128. The second-order valence-electron chi connectivity index (χ2n) is 6.12. The van der Waals surface area contributed by atoms with E-state index in [0.29, 0.717) is 11.1 Å². The second-order valence-corrected chi connectivity index (χ2v) is 6.12. The minimum atomic E-state index is -0.602. The maximum Gasteiger partial charge on any atom is 0.226 e. The maximum atomic E-state index is 13.7. The Balaban J connectivity index is 1.76. The molecule has 2 aromatic carbocycles. The zero-order valence-electron chi connectivity index (χ0n) is 13.7.